The molecule has 3 aromatic rings. The minimum Gasteiger partial charge on any atom is -0.496 e. The number of nitrogens with one attached hydrogen (secondary N) is 2. The number of carbonyl (C=O) groups excluding carboxylic acids is 1. The fraction of sp³-hybridized carbons (Fsp3) is 0.174. The summed E-state index contributed by atoms with van der Waals surface area (Å²) in [6.07, 6.45) is 0.206. The van der Waals surface area contributed by atoms with E-state index < -0.39 is 22.0 Å². The van der Waals surface area contributed by atoms with E-state index in [9.17, 15) is 13.2 Å². The number of hydrogen-bond acceptors (Lipinski definition) is 4. The van der Waals surface area contributed by atoms with E-state index in [4.69, 9.17) is 4.74 Å². The fourth-order valence-corrected chi connectivity index (χ4v) is 4.62. The van der Waals surface area contributed by atoms with E-state index in [-0.39, 0.29) is 11.3 Å². The second-order valence-electron chi connectivity index (χ2n) is 6.99. The minimum absolute atomic E-state index is 0.0697. The highest BCUT2D eigenvalue weighted by molar-refractivity contribution is 9.10. The molecule has 0 aliphatic heterocycles. The van der Waals surface area contributed by atoms with Crippen LogP contribution in [0.5, 0.6) is 5.75 Å². The fourth-order valence-electron chi connectivity index (χ4n) is 3.07. The van der Waals surface area contributed by atoms with Crippen molar-refractivity contribution < 1.29 is 17.9 Å². The molecule has 162 valence electrons. The maximum Gasteiger partial charge on any atom is 0.242 e. The summed E-state index contributed by atoms with van der Waals surface area (Å²) in [6, 6.07) is 19.9. The maximum absolute atomic E-state index is 13.0. The van der Waals surface area contributed by atoms with Gasteiger partial charge in [0.2, 0.25) is 15.9 Å². The Kier molecular flexibility index (Phi) is 7.48. The normalized spacial score (nSPS) is 12.2. The van der Waals surface area contributed by atoms with Crippen molar-refractivity contribution >= 4 is 37.5 Å². The first kappa shape index (κ1) is 23.0. The Balaban J connectivity index is 1.87. The number of hydrogen-bond donors (Lipinski definition) is 2. The quantitative estimate of drug-likeness (QED) is 0.480. The van der Waals surface area contributed by atoms with E-state index in [0.29, 0.717) is 17.0 Å². The zero-order valence-electron chi connectivity index (χ0n) is 17.1. The van der Waals surface area contributed by atoms with Gasteiger partial charge in [-0.3, -0.25) is 4.79 Å². The Labute approximate surface area is 190 Å². The summed E-state index contributed by atoms with van der Waals surface area (Å²) in [4.78, 5) is 13.1. The number of carbonyl (C=O) groups is 1. The zero-order chi connectivity index (χ0) is 22.4. The summed E-state index contributed by atoms with van der Waals surface area (Å²) in [6.45, 7) is 1.76. The summed E-state index contributed by atoms with van der Waals surface area (Å²) in [5.41, 5.74) is 2.10. The minimum atomic E-state index is -3.94. The van der Waals surface area contributed by atoms with Crippen molar-refractivity contribution in [1.29, 1.82) is 0 Å². The highest BCUT2D eigenvalue weighted by atomic mass is 79.9. The molecule has 0 saturated heterocycles. The molecule has 6 nitrogen and oxygen atoms in total. The van der Waals surface area contributed by atoms with Gasteiger partial charge in [0.1, 0.15) is 11.8 Å². The Morgan fingerprint density at radius 3 is 2.32 bits per heavy atom. The van der Waals surface area contributed by atoms with Crippen LogP contribution in [-0.4, -0.2) is 27.5 Å². The van der Waals surface area contributed by atoms with E-state index >= 15 is 0 Å². The van der Waals surface area contributed by atoms with Crippen molar-refractivity contribution in [2.24, 2.45) is 0 Å². The number of rotatable bonds is 8. The van der Waals surface area contributed by atoms with Crippen LogP contribution in [0, 0.1) is 6.92 Å². The predicted octanol–water partition coefficient (Wildman–Crippen LogP) is 4.29. The summed E-state index contributed by atoms with van der Waals surface area (Å²) in [5.74, 6) is 0.146. The topological polar surface area (TPSA) is 84.5 Å². The Bertz CT molecular complexity index is 1150. The van der Waals surface area contributed by atoms with Crippen molar-refractivity contribution in [3.05, 3.63) is 88.4 Å². The monoisotopic (exact) mass is 502 g/mol. The number of halogens is 1. The number of aryl methyl sites for hydroxylation is 1. The van der Waals surface area contributed by atoms with Crippen LogP contribution >= 0.6 is 15.9 Å². The van der Waals surface area contributed by atoms with Gasteiger partial charge in [-0.2, -0.15) is 4.72 Å². The van der Waals surface area contributed by atoms with Gasteiger partial charge in [-0.05, 0) is 66.9 Å². The van der Waals surface area contributed by atoms with E-state index in [1.807, 2.05) is 30.3 Å². The molecule has 3 aromatic carbocycles. The second-order valence-corrected chi connectivity index (χ2v) is 9.62. The molecule has 0 saturated carbocycles. The molecule has 0 unspecified atom stereocenters. The van der Waals surface area contributed by atoms with Gasteiger partial charge in [-0.15, -0.1) is 0 Å². The van der Waals surface area contributed by atoms with Gasteiger partial charge in [-0.25, -0.2) is 8.42 Å². The standard InChI is InChI=1S/C23H23BrN2O4S/c1-16-14-20(12-13-22(16)30-2)31(28,29)26-21(15-17-6-4-3-5-7-17)23(27)25-19-10-8-18(24)9-11-19/h3-14,21,26H,15H2,1-2H3,(H,25,27)/t21-/m1/s1. The van der Waals surface area contributed by atoms with Crippen molar-refractivity contribution in [2.45, 2.75) is 24.3 Å². The first-order chi connectivity index (χ1) is 14.8. The van der Waals surface area contributed by atoms with Crippen LogP contribution in [0.3, 0.4) is 0 Å². The molecular formula is C23H23BrN2O4S. The van der Waals surface area contributed by atoms with Gasteiger partial charge < -0.3 is 10.1 Å². The molecule has 8 heteroatoms. The first-order valence-electron chi connectivity index (χ1n) is 9.56. The van der Waals surface area contributed by atoms with Crippen molar-refractivity contribution in [2.75, 3.05) is 12.4 Å². The van der Waals surface area contributed by atoms with Crippen LogP contribution in [0.25, 0.3) is 0 Å². The van der Waals surface area contributed by atoms with Crippen LogP contribution in [0.4, 0.5) is 5.69 Å². The Morgan fingerprint density at radius 2 is 1.71 bits per heavy atom. The van der Waals surface area contributed by atoms with Crippen LogP contribution in [0.1, 0.15) is 11.1 Å². The van der Waals surface area contributed by atoms with E-state index in [1.54, 1.807) is 37.3 Å². The molecule has 0 heterocycles. The van der Waals surface area contributed by atoms with Crippen LogP contribution in [0.2, 0.25) is 0 Å². The lowest BCUT2D eigenvalue weighted by atomic mass is 10.1. The summed E-state index contributed by atoms with van der Waals surface area (Å²) in [5, 5.41) is 2.79. The Morgan fingerprint density at radius 1 is 1.03 bits per heavy atom. The van der Waals surface area contributed by atoms with Gasteiger partial charge in [0.25, 0.3) is 0 Å². The zero-order valence-corrected chi connectivity index (χ0v) is 19.5. The van der Waals surface area contributed by atoms with Crippen molar-refractivity contribution in [3.8, 4) is 5.75 Å². The molecule has 2 N–H and O–H groups in total. The molecule has 0 fully saturated rings. The summed E-state index contributed by atoms with van der Waals surface area (Å²) < 4.78 is 34.7. The molecule has 1 amide bonds. The number of methoxy groups -OCH3 is 1. The molecule has 0 aromatic heterocycles. The molecule has 0 aliphatic rings. The van der Waals surface area contributed by atoms with Gasteiger partial charge in [0.15, 0.2) is 0 Å². The molecule has 0 spiro atoms. The summed E-state index contributed by atoms with van der Waals surface area (Å²) in [7, 11) is -2.42. The van der Waals surface area contributed by atoms with E-state index in [1.165, 1.54) is 19.2 Å². The average molecular weight is 503 g/mol. The first-order valence-corrected chi connectivity index (χ1v) is 11.8. The molecule has 0 radical (unpaired) electrons. The molecule has 1 atom stereocenters. The predicted molar refractivity (Wildman–Crippen MR) is 125 cm³/mol. The van der Waals surface area contributed by atoms with Gasteiger partial charge in [0.05, 0.1) is 12.0 Å². The number of sulfonamides is 1. The molecule has 0 aliphatic carbocycles. The van der Waals surface area contributed by atoms with Gasteiger partial charge >= 0.3 is 0 Å². The number of amides is 1. The smallest absolute Gasteiger partial charge is 0.242 e. The van der Waals surface area contributed by atoms with Crippen molar-refractivity contribution in [3.63, 3.8) is 0 Å². The number of benzene rings is 3. The number of anilines is 1. The summed E-state index contributed by atoms with van der Waals surface area (Å²) >= 11 is 3.35. The largest absolute Gasteiger partial charge is 0.496 e. The van der Waals surface area contributed by atoms with Crippen LogP contribution < -0.4 is 14.8 Å². The SMILES string of the molecule is COc1ccc(S(=O)(=O)N[C@H](Cc2ccccc2)C(=O)Nc2ccc(Br)cc2)cc1C. The highest BCUT2D eigenvalue weighted by Gasteiger charge is 2.26. The lowest BCUT2D eigenvalue weighted by molar-refractivity contribution is -0.117. The van der Waals surface area contributed by atoms with E-state index in [0.717, 1.165) is 10.0 Å². The third-order valence-electron chi connectivity index (χ3n) is 4.68. The molecule has 31 heavy (non-hydrogen) atoms. The lowest BCUT2D eigenvalue weighted by Crippen LogP contribution is -2.45. The highest BCUT2D eigenvalue weighted by Crippen LogP contribution is 2.22. The third-order valence-corrected chi connectivity index (χ3v) is 6.68. The molecule has 0 bridgehead atoms. The van der Waals surface area contributed by atoms with Crippen molar-refractivity contribution in [1.82, 2.24) is 4.72 Å². The third kappa shape index (κ3) is 6.16. The molecule has 3 rings (SSSR count). The van der Waals surface area contributed by atoms with Crippen LogP contribution in [-0.2, 0) is 21.2 Å². The molecular weight excluding hydrogens is 480 g/mol. The lowest BCUT2D eigenvalue weighted by Gasteiger charge is -2.19. The van der Waals surface area contributed by atoms with E-state index in [2.05, 4.69) is 26.0 Å². The Hall–Kier alpha value is -2.68. The van der Waals surface area contributed by atoms with Gasteiger partial charge in [0, 0.05) is 10.2 Å². The maximum atomic E-state index is 13.0. The second kappa shape index (κ2) is 10.1. The van der Waals surface area contributed by atoms with Gasteiger partial charge in [-0.1, -0.05) is 46.3 Å². The van der Waals surface area contributed by atoms with Crippen LogP contribution in [0.15, 0.2) is 82.2 Å². The number of ether oxygens (including phenoxy) is 1. The average Bonchev–Trinajstić information content (AvgIpc) is 2.75.